The van der Waals surface area contributed by atoms with E-state index in [0.717, 1.165) is 100 Å². The van der Waals surface area contributed by atoms with Crippen molar-refractivity contribution in [1.29, 1.82) is 0 Å². The molecule has 370 valence electrons. The Morgan fingerprint density at radius 3 is 1.81 bits per heavy atom. The predicted molar refractivity (Wildman–Crippen MR) is 318 cm³/mol. The third-order valence-electron chi connectivity index (χ3n) is 13.9. The lowest BCUT2D eigenvalue weighted by Crippen LogP contribution is -2.33. The molecule has 0 spiro atoms. The van der Waals surface area contributed by atoms with Crippen LogP contribution in [0.4, 0.5) is 34.1 Å². The highest BCUT2D eigenvalue weighted by atomic mass is 16.5. The molecule has 0 saturated heterocycles. The van der Waals surface area contributed by atoms with E-state index < -0.39 is 0 Å². The Labute approximate surface area is 441 Å². The van der Waals surface area contributed by atoms with Crippen LogP contribution in [0.25, 0.3) is 27.8 Å². The Bertz CT molecular complexity index is 3170. The first-order valence-electron chi connectivity index (χ1n) is 26.6. The molecule has 2 atom stereocenters. The fourth-order valence-corrected chi connectivity index (χ4v) is 10.5. The van der Waals surface area contributed by atoms with Crippen LogP contribution < -0.4 is 19.4 Å². The molecule has 0 fully saturated rings. The average Bonchev–Trinajstić information content (AvgIpc) is 3.84. The summed E-state index contributed by atoms with van der Waals surface area (Å²) >= 11 is 0. The fraction of sp³-hybridized carbons (Fsp3) is 0.171. The molecule has 7 aromatic rings. The van der Waals surface area contributed by atoms with Gasteiger partial charge in [0.05, 0.1) is 6.04 Å². The zero-order valence-electron chi connectivity index (χ0n) is 43.7. The molecule has 74 heavy (non-hydrogen) atoms. The number of benzene rings is 7. The summed E-state index contributed by atoms with van der Waals surface area (Å²) in [4.78, 5) is 7.11. The van der Waals surface area contributed by atoms with E-state index in [1.807, 2.05) is 26.8 Å². The van der Waals surface area contributed by atoms with E-state index in [2.05, 4.69) is 272 Å². The van der Waals surface area contributed by atoms with Gasteiger partial charge in [-0.05, 0) is 177 Å². The first-order chi connectivity index (χ1) is 36.5. The first kappa shape index (κ1) is 50.6. The van der Waals surface area contributed by atoms with Crippen LogP contribution in [0.5, 0.6) is 5.75 Å². The van der Waals surface area contributed by atoms with Crippen molar-refractivity contribution in [1.82, 2.24) is 0 Å². The molecule has 4 heteroatoms. The number of fused-ring (bicyclic) bond motifs is 3. The summed E-state index contributed by atoms with van der Waals surface area (Å²) in [6.07, 6.45) is 29.3. The van der Waals surface area contributed by atoms with E-state index in [1.54, 1.807) is 0 Å². The second kappa shape index (κ2) is 24.4. The van der Waals surface area contributed by atoms with E-state index in [1.165, 1.54) is 28.1 Å². The van der Waals surface area contributed by atoms with Gasteiger partial charge in [-0.3, -0.25) is 0 Å². The van der Waals surface area contributed by atoms with Gasteiger partial charge in [0.25, 0.3) is 0 Å². The number of hydrogen-bond donors (Lipinski definition) is 0. The van der Waals surface area contributed by atoms with Crippen LogP contribution in [0.15, 0.2) is 266 Å². The average molecular weight is 968 g/mol. The van der Waals surface area contributed by atoms with E-state index >= 15 is 0 Å². The Hall–Kier alpha value is -8.34. The molecule has 3 aliphatic rings. The molecule has 2 unspecified atom stereocenters. The number of para-hydroxylation sites is 3. The van der Waals surface area contributed by atoms with Gasteiger partial charge < -0.3 is 19.4 Å². The van der Waals surface area contributed by atoms with Gasteiger partial charge in [0.2, 0.25) is 0 Å². The van der Waals surface area contributed by atoms with Gasteiger partial charge in [-0.25, -0.2) is 0 Å². The largest absolute Gasteiger partial charge is 0.460 e. The minimum absolute atomic E-state index is 0.0715. The molecule has 0 amide bonds. The van der Waals surface area contributed by atoms with Crippen molar-refractivity contribution in [3.63, 3.8) is 0 Å². The molecule has 7 aromatic carbocycles. The smallest absolute Gasteiger partial charge is 0.138 e. The standard InChI is InChI=1S/C68H63N3O.C2H6/c1-5-21-55(22-6-2)69(57-25-13-9-14-26-57)61-40-33-50(34-41-61)53-39-46-67-65(47-53)66-49-54(51-35-42-62(43-36-51)70(56(23-7-3)24-8-4)58-27-15-10-16-28-58)48-64(68(66)72-67)52-37-44-63(45-38-52)71(59-29-17-11-18-30-59)60-31-19-12-20-32-60;1-2/h5,7-8,10-13,15-21,23-46,48-49,55,65H,3,6,9,14,22,47H2,1-2,4H3;1-2H3/b21-5-,24-8-,56-23+;. The lowest BCUT2D eigenvalue weighted by atomic mass is 9.83. The molecular weight excluding hydrogens is 899 g/mol. The molecule has 0 saturated carbocycles. The Morgan fingerprint density at radius 2 is 1.22 bits per heavy atom. The monoisotopic (exact) mass is 968 g/mol. The van der Waals surface area contributed by atoms with E-state index in [9.17, 15) is 0 Å². The maximum Gasteiger partial charge on any atom is 0.138 e. The molecule has 0 aromatic heterocycles. The lowest BCUT2D eigenvalue weighted by molar-refractivity contribution is 0.428. The van der Waals surface area contributed by atoms with Gasteiger partial charge in [-0.1, -0.05) is 167 Å². The normalized spacial score (nSPS) is 15.2. The Morgan fingerprint density at radius 1 is 0.635 bits per heavy atom. The molecule has 0 N–H and O–H groups in total. The maximum atomic E-state index is 7.00. The first-order valence-corrected chi connectivity index (χ1v) is 26.6. The maximum absolute atomic E-state index is 7.00. The van der Waals surface area contributed by atoms with Gasteiger partial charge >= 0.3 is 0 Å². The zero-order chi connectivity index (χ0) is 51.2. The van der Waals surface area contributed by atoms with Crippen molar-refractivity contribution in [3.05, 3.63) is 278 Å². The summed E-state index contributed by atoms with van der Waals surface area (Å²) in [7, 11) is 0. The SMILES string of the molecule is C=C/C=C(\C=C/C)N(c1ccccc1)c1ccc(-c2cc(-c3ccc(N(c4ccccc4)c4ccccc4)cc3)c3c(c2)C2CC(c4ccc(N(C5=CCCC=C5)C(/C=C\C)CCC)cc4)=CC=C2O3)cc1.CC. The number of nitrogens with zero attached hydrogens (tertiary/aromatic N) is 3. The van der Waals surface area contributed by atoms with Crippen LogP contribution in [0.1, 0.15) is 83.8 Å². The lowest BCUT2D eigenvalue weighted by Gasteiger charge is -2.34. The third kappa shape index (κ3) is 11.0. The van der Waals surface area contributed by atoms with Gasteiger partial charge in [-0.2, -0.15) is 0 Å². The number of hydrogen-bond acceptors (Lipinski definition) is 4. The quantitative estimate of drug-likeness (QED) is 0.0669. The third-order valence-corrected chi connectivity index (χ3v) is 13.9. The minimum atomic E-state index is 0.0715. The molecular formula is C70H69N3O. The van der Waals surface area contributed by atoms with Crippen molar-refractivity contribution in [2.24, 2.45) is 0 Å². The minimum Gasteiger partial charge on any atom is -0.460 e. The summed E-state index contributed by atoms with van der Waals surface area (Å²) in [5.41, 5.74) is 17.2. The Kier molecular flexibility index (Phi) is 16.7. The van der Waals surface area contributed by atoms with E-state index in [-0.39, 0.29) is 5.92 Å². The van der Waals surface area contributed by atoms with Gasteiger partial charge in [-0.15, -0.1) is 0 Å². The van der Waals surface area contributed by atoms with Crippen LogP contribution in [0.2, 0.25) is 0 Å². The molecule has 0 bridgehead atoms. The van der Waals surface area contributed by atoms with Gasteiger partial charge in [0.15, 0.2) is 0 Å². The summed E-state index contributed by atoms with van der Waals surface area (Å²) in [6, 6.07) is 63.8. The zero-order valence-corrected chi connectivity index (χ0v) is 43.7. The molecule has 2 aliphatic carbocycles. The van der Waals surface area contributed by atoms with Gasteiger partial charge in [0, 0.05) is 62.6 Å². The van der Waals surface area contributed by atoms with Crippen molar-refractivity contribution >= 4 is 39.7 Å². The second-order valence-corrected chi connectivity index (χ2v) is 18.6. The van der Waals surface area contributed by atoms with E-state index in [0.29, 0.717) is 6.04 Å². The summed E-state index contributed by atoms with van der Waals surface area (Å²) in [6.45, 7) is 14.5. The summed E-state index contributed by atoms with van der Waals surface area (Å²) in [5, 5.41) is 0. The Balaban J connectivity index is 0.00000332. The second-order valence-electron chi connectivity index (χ2n) is 18.6. The molecule has 1 aliphatic heterocycles. The van der Waals surface area contributed by atoms with Crippen molar-refractivity contribution in [2.75, 3.05) is 14.7 Å². The highest BCUT2D eigenvalue weighted by molar-refractivity contribution is 5.86. The van der Waals surface area contributed by atoms with Crippen LogP contribution in [-0.2, 0) is 0 Å². The van der Waals surface area contributed by atoms with Crippen molar-refractivity contribution < 1.29 is 4.74 Å². The van der Waals surface area contributed by atoms with Crippen LogP contribution in [0, 0.1) is 0 Å². The highest BCUT2D eigenvalue weighted by Gasteiger charge is 2.35. The van der Waals surface area contributed by atoms with Gasteiger partial charge in [0.1, 0.15) is 11.5 Å². The summed E-state index contributed by atoms with van der Waals surface area (Å²) < 4.78 is 7.00. The fourth-order valence-electron chi connectivity index (χ4n) is 10.5. The number of rotatable bonds is 17. The van der Waals surface area contributed by atoms with Crippen molar-refractivity contribution in [3.8, 4) is 28.0 Å². The van der Waals surface area contributed by atoms with Crippen LogP contribution in [0.3, 0.4) is 0 Å². The predicted octanol–water partition coefficient (Wildman–Crippen LogP) is 19.9. The number of anilines is 6. The molecule has 1 heterocycles. The highest BCUT2D eigenvalue weighted by Crippen LogP contribution is 2.53. The molecule has 10 rings (SSSR count). The van der Waals surface area contributed by atoms with Crippen LogP contribution in [-0.4, -0.2) is 6.04 Å². The molecule has 0 radical (unpaired) electrons. The molecule has 4 nitrogen and oxygen atoms in total. The van der Waals surface area contributed by atoms with Crippen molar-refractivity contribution in [2.45, 2.75) is 78.7 Å². The van der Waals surface area contributed by atoms with Crippen LogP contribution >= 0.6 is 0 Å². The summed E-state index contributed by atoms with van der Waals surface area (Å²) in [5.74, 6) is 2.00. The van der Waals surface area contributed by atoms with E-state index in [4.69, 9.17) is 4.74 Å². The number of ether oxygens (including phenoxy) is 1. The number of allylic oxidation sites excluding steroid dienone is 12. The topological polar surface area (TPSA) is 19.0 Å².